The maximum Gasteiger partial charge on any atom is 0.231 e. The molecule has 0 radical (unpaired) electrons. The molecule has 27 heavy (non-hydrogen) atoms. The summed E-state index contributed by atoms with van der Waals surface area (Å²) in [6.45, 7) is 0. The second kappa shape index (κ2) is 5.84. The third-order valence-corrected chi connectivity index (χ3v) is 4.48. The van der Waals surface area contributed by atoms with Crippen LogP contribution >= 0.6 is 0 Å². The summed E-state index contributed by atoms with van der Waals surface area (Å²) in [6.07, 6.45) is 0. The van der Waals surface area contributed by atoms with Gasteiger partial charge in [-0.25, -0.2) is 9.67 Å². The zero-order valence-electron chi connectivity index (χ0n) is 14.3. The summed E-state index contributed by atoms with van der Waals surface area (Å²) in [7, 11) is 1.75. The maximum absolute atomic E-state index is 13.0. The number of aryl methyl sites for hydroxylation is 1. The van der Waals surface area contributed by atoms with Crippen molar-refractivity contribution in [3.05, 3.63) is 70.9 Å². The lowest BCUT2D eigenvalue weighted by Crippen LogP contribution is -2.04. The van der Waals surface area contributed by atoms with Crippen molar-refractivity contribution in [3.8, 4) is 22.6 Å². The van der Waals surface area contributed by atoms with Gasteiger partial charge in [0.1, 0.15) is 5.58 Å². The van der Waals surface area contributed by atoms with E-state index in [9.17, 15) is 4.79 Å². The van der Waals surface area contributed by atoms with Gasteiger partial charge in [0.25, 0.3) is 0 Å². The van der Waals surface area contributed by atoms with Gasteiger partial charge in [0.15, 0.2) is 5.82 Å². The third kappa shape index (κ3) is 2.48. The molecule has 0 fully saturated rings. The first-order valence-corrected chi connectivity index (χ1v) is 8.36. The molecule has 0 aliphatic heterocycles. The molecule has 7 heteroatoms. The molecule has 3 aromatic heterocycles. The maximum atomic E-state index is 13.0. The highest BCUT2D eigenvalue weighted by atomic mass is 16.3. The Kier molecular flexibility index (Phi) is 3.33. The normalized spacial score (nSPS) is 11.3. The van der Waals surface area contributed by atoms with Crippen LogP contribution in [-0.2, 0) is 7.05 Å². The smallest absolute Gasteiger partial charge is 0.231 e. The molecular formula is C20H13N5O2. The van der Waals surface area contributed by atoms with Crippen molar-refractivity contribution in [1.29, 1.82) is 0 Å². The van der Waals surface area contributed by atoms with E-state index in [1.807, 2.05) is 42.5 Å². The number of benzene rings is 2. The summed E-state index contributed by atoms with van der Waals surface area (Å²) >= 11 is 0. The standard InChI is InChI=1S/C20H13N5O2/c1-25-19(22-23-24-25)13-7-10-17-15(11-13)18(26)14-8-9-16(21-20(14)27-17)12-5-3-2-4-6-12/h2-11H,1H3. The Bertz CT molecular complexity index is 1360. The van der Waals surface area contributed by atoms with Crippen molar-refractivity contribution in [2.24, 2.45) is 7.05 Å². The first-order chi connectivity index (χ1) is 13.2. The minimum Gasteiger partial charge on any atom is -0.437 e. The van der Waals surface area contributed by atoms with Crippen LogP contribution in [0.25, 0.3) is 44.7 Å². The number of rotatable bonds is 2. The Morgan fingerprint density at radius 2 is 1.78 bits per heavy atom. The van der Waals surface area contributed by atoms with Crippen LogP contribution in [0.4, 0.5) is 0 Å². The molecule has 3 heterocycles. The van der Waals surface area contributed by atoms with Crippen LogP contribution in [0.3, 0.4) is 0 Å². The predicted octanol–water partition coefficient (Wildman–Crippen LogP) is 3.20. The number of nitrogens with zero attached hydrogens (tertiary/aromatic N) is 5. The number of aromatic nitrogens is 5. The number of hydrogen-bond donors (Lipinski definition) is 0. The van der Waals surface area contributed by atoms with Gasteiger partial charge in [-0.3, -0.25) is 4.79 Å². The average molecular weight is 355 g/mol. The molecule has 0 amide bonds. The molecule has 0 aliphatic rings. The zero-order valence-corrected chi connectivity index (χ0v) is 14.3. The van der Waals surface area contributed by atoms with E-state index < -0.39 is 0 Å². The molecule has 0 saturated carbocycles. The first-order valence-electron chi connectivity index (χ1n) is 8.36. The Balaban J connectivity index is 1.73. The predicted molar refractivity (Wildman–Crippen MR) is 101 cm³/mol. The molecule has 5 aromatic rings. The molecule has 0 N–H and O–H groups in total. The average Bonchev–Trinajstić information content (AvgIpc) is 3.14. The lowest BCUT2D eigenvalue weighted by Gasteiger charge is -2.05. The van der Waals surface area contributed by atoms with Crippen molar-refractivity contribution in [1.82, 2.24) is 25.2 Å². The number of fused-ring (bicyclic) bond motifs is 2. The second-order valence-electron chi connectivity index (χ2n) is 6.18. The molecule has 5 rings (SSSR count). The fourth-order valence-corrected chi connectivity index (χ4v) is 3.12. The van der Waals surface area contributed by atoms with E-state index in [0.717, 1.165) is 16.8 Å². The van der Waals surface area contributed by atoms with Crippen molar-refractivity contribution >= 4 is 22.1 Å². The van der Waals surface area contributed by atoms with E-state index in [0.29, 0.717) is 27.9 Å². The SMILES string of the molecule is Cn1nnnc1-c1ccc2oc3nc(-c4ccccc4)ccc3c(=O)c2c1. The van der Waals surface area contributed by atoms with Gasteiger partial charge in [0.2, 0.25) is 11.1 Å². The lowest BCUT2D eigenvalue weighted by atomic mass is 10.1. The van der Waals surface area contributed by atoms with Crippen molar-refractivity contribution < 1.29 is 4.42 Å². The summed E-state index contributed by atoms with van der Waals surface area (Å²) in [5.41, 5.74) is 3.14. The van der Waals surface area contributed by atoms with Gasteiger partial charge in [-0.15, -0.1) is 5.10 Å². The minimum absolute atomic E-state index is 0.129. The Hall–Kier alpha value is -3.87. The highest BCUT2D eigenvalue weighted by Crippen LogP contribution is 2.25. The largest absolute Gasteiger partial charge is 0.437 e. The van der Waals surface area contributed by atoms with E-state index >= 15 is 0 Å². The van der Waals surface area contributed by atoms with Crippen LogP contribution in [0.1, 0.15) is 0 Å². The molecular weight excluding hydrogens is 342 g/mol. The third-order valence-electron chi connectivity index (χ3n) is 4.48. The van der Waals surface area contributed by atoms with E-state index in [2.05, 4.69) is 20.5 Å². The van der Waals surface area contributed by atoms with Crippen molar-refractivity contribution in [2.45, 2.75) is 0 Å². The van der Waals surface area contributed by atoms with Crippen molar-refractivity contribution in [2.75, 3.05) is 0 Å². The fourth-order valence-electron chi connectivity index (χ4n) is 3.12. The molecule has 0 unspecified atom stereocenters. The van der Waals surface area contributed by atoms with E-state index in [4.69, 9.17) is 4.42 Å². The van der Waals surface area contributed by atoms with Crippen LogP contribution in [0.2, 0.25) is 0 Å². The molecule has 0 saturated heterocycles. The summed E-state index contributed by atoms with van der Waals surface area (Å²) in [6, 6.07) is 18.7. The highest BCUT2D eigenvalue weighted by Gasteiger charge is 2.13. The summed E-state index contributed by atoms with van der Waals surface area (Å²) in [5, 5.41) is 12.4. The highest BCUT2D eigenvalue weighted by molar-refractivity contribution is 5.91. The molecule has 0 atom stereocenters. The van der Waals surface area contributed by atoms with Crippen LogP contribution in [0.15, 0.2) is 69.9 Å². The monoisotopic (exact) mass is 355 g/mol. The molecule has 2 aromatic carbocycles. The molecule has 130 valence electrons. The van der Waals surface area contributed by atoms with Gasteiger partial charge in [-0.2, -0.15) is 0 Å². The first kappa shape index (κ1) is 15.4. The van der Waals surface area contributed by atoms with Gasteiger partial charge >= 0.3 is 0 Å². The molecule has 7 nitrogen and oxygen atoms in total. The second-order valence-corrected chi connectivity index (χ2v) is 6.18. The Morgan fingerprint density at radius 1 is 0.926 bits per heavy atom. The van der Waals surface area contributed by atoms with Crippen molar-refractivity contribution in [3.63, 3.8) is 0 Å². The van der Waals surface area contributed by atoms with Gasteiger partial charge in [0.05, 0.1) is 16.5 Å². The van der Waals surface area contributed by atoms with Crippen LogP contribution in [-0.4, -0.2) is 25.2 Å². The minimum atomic E-state index is -0.129. The van der Waals surface area contributed by atoms with Gasteiger partial charge < -0.3 is 4.42 Å². The van der Waals surface area contributed by atoms with E-state index in [1.54, 1.807) is 29.9 Å². The summed E-state index contributed by atoms with van der Waals surface area (Å²) in [4.78, 5) is 17.5. The molecule has 0 spiro atoms. The van der Waals surface area contributed by atoms with E-state index in [1.165, 1.54) is 0 Å². The topological polar surface area (TPSA) is 86.7 Å². The number of tetrazole rings is 1. The fraction of sp³-hybridized carbons (Fsp3) is 0.0500. The Morgan fingerprint density at radius 3 is 2.56 bits per heavy atom. The van der Waals surface area contributed by atoms with E-state index in [-0.39, 0.29) is 5.43 Å². The summed E-state index contributed by atoms with van der Waals surface area (Å²) in [5.74, 6) is 0.578. The summed E-state index contributed by atoms with van der Waals surface area (Å²) < 4.78 is 7.48. The van der Waals surface area contributed by atoms with Crippen LogP contribution in [0.5, 0.6) is 0 Å². The molecule has 0 aliphatic carbocycles. The van der Waals surface area contributed by atoms with Gasteiger partial charge in [0, 0.05) is 18.2 Å². The van der Waals surface area contributed by atoms with Crippen LogP contribution < -0.4 is 5.43 Å². The molecule has 0 bridgehead atoms. The Labute approximate surface area is 152 Å². The van der Waals surface area contributed by atoms with Gasteiger partial charge in [-0.1, -0.05) is 30.3 Å². The number of pyridine rings is 1. The number of hydrogen-bond acceptors (Lipinski definition) is 6. The van der Waals surface area contributed by atoms with Gasteiger partial charge in [-0.05, 0) is 40.8 Å². The van der Waals surface area contributed by atoms with Crippen LogP contribution in [0, 0.1) is 0 Å². The zero-order chi connectivity index (χ0) is 18.4. The lowest BCUT2D eigenvalue weighted by molar-refractivity contribution is 0.645. The quantitative estimate of drug-likeness (QED) is 0.452.